The van der Waals surface area contributed by atoms with Gasteiger partial charge in [0.05, 0.1) is 23.0 Å². The third-order valence-electron chi connectivity index (χ3n) is 10.6. The molecule has 0 saturated carbocycles. The van der Waals surface area contributed by atoms with E-state index in [9.17, 15) is 32.3 Å². The fourth-order valence-corrected chi connectivity index (χ4v) is 6.97. The number of benzene rings is 4. The summed E-state index contributed by atoms with van der Waals surface area (Å²) in [5, 5.41) is 2.73. The average molecular weight is 794 g/mol. The number of rotatable bonds is 10. The first-order valence-electron chi connectivity index (χ1n) is 17.7. The summed E-state index contributed by atoms with van der Waals surface area (Å²) in [5.74, 6) is -5.19. The number of carbonyl (C=O) groups excluding carboxylic acids is 4. The number of imidazole rings is 1. The summed E-state index contributed by atoms with van der Waals surface area (Å²) < 4.78 is 68.4. The molecule has 6 aromatic rings. The Hall–Kier alpha value is -6.94. The Morgan fingerprint density at radius 1 is 0.638 bits per heavy atom. The van der Waals surface area contributed by atoms with Crippen molar-refractivity contribution in [3.63, 3.8) is 0 Å². The second-order valence-electron chi connectivity index (χ2n) is 14.1. The van der Waals surface area contributed by atoms with E-state index in [0.29, 0.717) is 5.56 Å². The van der Waals surface area contributed by atoms with Gasteiger partial charge in [-0.15, -0.1) is 0 Å². The van der Waals surface area contributed by atoms with Gasteiger partial charge >= 0.3 is 17.9 Å². The summed E-state index contributed by atoms with van der Waals surface area (Å²) in [7, 11) is 0. The first-order chi connectivity index (χ1) is 27.6. The van der Waals surface area contributed by atoms with Crippen molar-refractivity contribution >= 4 is 40.8 Å². The number of anilines is 1. The molecule has 3 heterocycles. The number of nitrogens with one attached hydrogen (secondary N) is 1. The van der Waals surface area contributed by atoms with Crippen LogP contribution in [0.1, 0.15) is 69.1 Å². The molecule has 0 aliphatic carbocycles. The van der Waals surface area contributed by atoms with Gasteiger partial charge in [-0.05, 0) is 113 Å². The zero-order chi connectivity index (χ0) is 41.5. The highest BCUT2D eigenvalue weighted by Gasteiger charge is 2.79. The molecule has 1 saturated heterocycles. The molecule has 1 amide bonds. The van der Waals surface area contributed by atoms with Gasteiger partial charge in [0.25, 0.3) is 5.91 Å². The predicted octanol–water partition coefficient (Wildman–Crippen LogP) is 7.05. The Bertz CT molecular complexity index is 2540. The maximum atomic E-state index is 14.1. The smallest absolute Gasteiger partial charge is 0.338 e. The number of amides is 1. The molecule has 7 rings (SSSR count). The van der Waals surface area contributed by atoms with Gasteiger partial charge in [-0.1, -0.05) is 18.2 Å². The number of fused-ring (bicyclic) bond motifs is 1. The molecule has 0 spiro atoms. The van der Waals surface area contributed by atoms with E-state index in [0.717, 1.165) is 36.4 Å². The van der Waals surface area contributed by atoms with Crippen LogP contribution in [-0.2, 0) is 24.7 Å². The zero-order valence-corrected chi connectivity index (χ0v) is 31.4. The molecule has 296 valence electrons. The van der Waals surface area contributed by atoms with Crippen LogP contribution in [0.3, 0.4) is 0 Å². The van der Waals surface area contributed by atoms with Crippen LogP contribution >= 0.6 is 0 Å². The number of hydrogen-bond donors (Lipinski definition) is 1. The molecule has 4 aromatic carbocycles. The molecule has 2 aromatic heterocycles. The molecular formula is C42H34F3N5O8. The highest BCUT2D eigenvalue weighted by Crippen LogP contribution is 2.59. The Balaban J connectivity index is 1.38. The molecule has 1 N–H and O–H groups in total. The summed E-state index contributed by atoms with van der Waals surface area (Å²) in [4.78, 5) is 67.9. The lowest BCUT2D eigenvalue weighted by atomic mass is 9.72. The van der Waals surface area contributed by atoms with Crippen molar-refractivity contribution < 1.29 is 51.3 Å². The standard InChI is InChI=1S/C42H34F3N5O8/c1-39(22-55-36(52)26-10-16-29(43)17-11-26)40(2,56-37(53)27-12-18-30(44)19-13-27)41(3,57-38(54)28-14-20-31(45)21-15-28)42(4,58-39)50-24-48-32-33(46-23-47-34(32)50)49-35(51)25-8-6-5-7-9-25/h5-21,23-24H,22H2,1-4H3,(H,46,47,49,51). The fourth-order valence-electron chi connectivity index (χ4n) is 6.97. The number of hydrogen-bond acceptors (Lipinski definition) is 11. The van der Waals surface area contributed by atoms with Crippen LogP contribution in [0.5, 0.6) is 0 Å². The van der Waals surface area contributed by atoms with E-state index in [1.54, 1.807) is 30.3 Å². The monoisotopic (exact) mass is 793 g/mol. The molecule has 16 heteroatoms. The van der Waals surface area contributed by atoms with Crippen LogP contribution in [0, 0.1) is 17.5 Å². The number of aromatic nitrogens is 4. The van der Waals surface area contributed by atoms with Gasteiger partial charge in [-0.25, -0.2) is 42.5 Å². The van der Waals surface area contributed by atoms with Crippen molar-refractivity contribution in [3.8, 4) is 0 Å². The molecule has 0 radical (unpaired) electrons. The molecule has 13 nitrogen and oxygen atoms in total. The van der Waals surface area contributed by atoms with E-state index in [4.69, 9.17) is 18.9 Å². The van der Waals surface area contributed by atoms with E-state index < -0.39 is 70.4 Å². The first-order valence-corrected chi connectivity index (χ1v) is 17.7. The van der Waals surface area contributed by atoms with Gasteiger partial charge < -0.3 is 24.3 Å². The summed E-state index contributed by atoms with van der Waals surface area (Å²) in [6, 6.07) is 21.9. The summed E-state index contributed by atoms with van der Waals surface area (Å²) in [5.41, 5.74) is -7.94. The third-order valence-corrected chi connectivity index (χ3v) is 10.6. The second kappa shape index (κ2) is 14.9. The molecule has 4 atom stereocenters. The lowest BCUT2D eigenvalue weighted by Crippen LogP contribution is -2.67. The fraction of sp³-hybridized carbons (Fsp3) is 0.214. The predicted molar refractivity (Wildman–Crippen MR) is 200 cm³/mol. The minimum absolute atomic E-state index is 0.0105. The Morgan fingerprint density at radius 3 is 1.67 bits per heavy atom. The summed E-state index contributed by atoms with van der Waals surface area (Å²) in [6.07, 6.45) is 2.46. The second-order valence-corrected chi connectivity index (χ2v) is 14.1. The van der Waals surface area contributed by atoms with Crippen molar-refractivity contribution in [1.29, 1.82) is 0 Å². The number of esters is 3. The van der Waals surface area contributed by atoms with Crippen LogP contribution in [0.25, 0.3) is 11.2 Å². The zero-order valence-electron chi connectivity index (χ0n) is 31.4. The quantitative estimate of drug-likeness (QED) is 0.112. The van der Waals surface area contributed by atoms with Gasteiger partial charge in [0, 0.05) is 5.56 Å². The van der Waals surface area contributed by atoms with Gasteiger partial charge in [-0.2, -0.15) is 0 Å². The van der Waals surface area contributed by atoms with Crippen molar-refractivity contribution in [2.75, 3.05) is 11.9 Å². The third kappa shape index (κ3) is 6.80. The van der Waals surface area contributed by atoms with Gasteiger partial charge in [0.15, 0.2) is 33.9 Å². The Kier molecular flexibility index (Phi) is 10.1. The van der Waals surface area contributed by atoms with Crippen molar-refractivity contribution in [2.24, 2.45) is 0 Å². The number of ether oxygens (including phenoxy) is 4. The van der Waals surface area contributed by atoms with Crippen molar-refractivity contribution in [1.82, 2.24) is 19.5 Å². The lowest BCUT2D eigenvalue weighted by Gasteiger charge is -2.47. The summed E-state index contributed by atoms with van der Waals surface area (Å²) in [6.45, 7) is 5.12. The molecule has 1 fully saturated rings. The van der Waals surface area contributed by atoms with E-state index >= 15 is 0 Å². The minimum Gasteiger partial charge on any atom is -0.459 e. The molecule has 1 aliphatic rings. The summed E-state index contributed by atoms with van der Waals surface area (Å²) >= 11 is 0. The normalized spacial score (nSPS) is 22.6. The van der Waals surface area contributed by atoms with Crippen LogP contribution in [0.15, 0.2) is 116 Å². The number of halogens is 3. The Labute approximate surface area is 328 Å². The van der Waals surface area contributed by atoms with Gasteiger partial charge in [0.1, 0.15) is 36.0 Å². The van der Waals surface area contributed by atoms with Crippen molar-refractivity contribution in [2.45, 2.75) is 50.2 Å². The van der Waals surface area contributed by atoms with Crippen LogP contribution in [0.4, 0.5) is 19.0 Å². The van der Waals surface area contributed by atoms with Crippen LogP contribution < -0.4 is 5.32 Å². The van der Waals surface area contributed by atoms with E-state index in [1.165, 1.54) is 81.3 Å². The van der Waals surface area contributed by atoms with E-state index in [-0.39, 0.29) is 33.7 Å². The van der Waals surface area contributed by atoms with Crippen LogP contribution in [0.2, 0.25) is 0 Å². The number of nitrogens with zero attached hydrogens (tertiary/aromatic N) is 4. The largest absolute Gasteiger partial charge is 0.459 e. The molecule has 4 unspecified atom stereocenters. The minimum atomic E-state index is -2.16. The SMILES string of the molecule is CC1(COC(=O)c2ccc(F)cc2)OC(C)(n2cnc3c(NC(=O)c4ccccc4)ncnc32)C(C)(OC(=O)c2ccc(F)cc2)C1(C)OC(=O)c1ccc(F)cc1. The molecule has 58 heavy (non-hydrogen) atoms. The first kappa shape index (κ1) is 39.3. The molecule has 0 bridgehead atoms. The lowest BCUT2D eigenvalue weighted by molar-refractivity contribution is -0.193. The van der Waals surface area contributed by atoms with Gasteiger partial charge in [-0.3, -0.25) is 9.36 Å². The highest BCUT2D eigenvalue weighted by molar-refractivity contribution is 6.06. The topological polar surface area (TPSA) is 161 Å². The number of carbonyl (C=O) groups is 4. The molecule has 1 aliphatic heterocycles. The molecular weight excluding hydrogens is 759 g/mol. The highest BCUT2D eigenvalue weighted by atomic mass is 19.1. The maximum Gasteiger partial charge on any atom is 0.338 e. The van der Waals surface area contributed by atoms with Gasteiger partial charge in [0.2, 0.25) is 0 Å². The maximum absolute atomic E-state index is 14.1. The van der Waals surface area contributed by atoms with Crippen LogP contribution in [-0.4, -0.2) is 66.7 Å². The Morgan fingerprint density at radius 2 is 1.14 bits per heavy atom. The van der Waals surface area contributed by atoms with E-state index in [1.807, 2.05) is 0 Å². The van der Waals surface area contributed by atoms with E-state index in [2.05, 4.69) is 20.3 Å². The average Bonchev–Trinajstić information content (AvgIpc) is 3.71. The van der Waals surface area contributed by atoms with Crippen molar-refractivity contribution in [3.05, 3.63) is 155 Å².